The molecule has 4 aliphatic carbocycles. The maximum absolute atomic E-state index is 12.0. The minimum absolute atomic E-state index is 0.0766. The van der Waals surface area contributed by atoms with Gasteiger partial charge in [0.1, 0.15) is 0 Å². The number of aliphatic hydroxyl groups excluding tert-OH is 1. The third-order valence-electron chi connectivity index (χ3n) is 13.3. The number of imide groups is 2. The van der Waals surface area contributed by atoms with Crippen molar-refractivity contribution in [3.63, 3.8) is 0 Å². The van der Waals surface area contributed by atoms with Crippen LogP contribution in [0.1, 0.15) is 124 Å². The molecule has 0 radical (unpaired) electrons. The largest absolute Gasteiger partial charge is 0.393 e. The van der Waals surface area contributed by atoms with E-state index in [1.165, 1.54) is 57.8 Å². The predicted molar refractivity (Wildman–Crippen MR) is 179 cm³/mol. The van der Waals surface area contributed by atoms with Crippen LogP contribution in [-0.2, 0) is 15.0 Å². The first-order valence-electron chi connectivity index (χ1n) is 18.0. The molecule has 1 aliphatic heterocycles. The van der Waals surface area contributed by atoms with Gasteiger partial charge in [-0.05, 0) is 110 Å². The Morgan fingerprint density at radius 1 is 0.889 bits per heavy atom. The fourth-order valence-corrected chi connectivity index (χ4v) is 10.7. The maximum atomic E-state index is 12.0. The summed E-state index contributed by atoms with van der Waals surface area (Å²) in [5.41, 5.74) is 1.88. The van der Waals surface area contributed by atoms with Gasteiger partial charge >= 0.3 is 6.03 Å². The van der Waals surface area contributed by atoms with Crippen molar-refractivity contribution in [2.24, 2.45) is 46.3 Å². The van der Waals surface area contributed by atoms with Crippen molar-refractivity contribution in [3.05, 3.63) is 47.5 Å². The van der Waals surface area contributed by atoms with Gasteiger partial charge in [-0.25, -0.2) is 4.79 Å². The molecule has 4 fully saturated rings. The van der Waals surface area contributed by atoms with Crippen molar-refractivity contribution >= 4 is 17.8 Å². The lowest BCUT2D eigenvalue weighted by Gasteiger charge is -2.58. The molecule has 0 unspecified atom stereocenters. The van der Waals surface area contributed by atoms with Crippen LogP contribution in [0.25, 0.3) is 0 Å². The fraction of sp³-hybridized carbons (Fsp3) is 0.718. The van der Waals surface area contributed by atoms with Crippen molar-refractivity contribution in [3.8, 4) is 0 Å². The van der Waals surface area contributed by atoms with Crippen molar-refractivity contribution in [1.29, 1.82) is 0 Å². The number of hydrogen-bond acceptors (Lipinski definition) is 4. The number of carbonyl (C=O) groups is 3. The molecule has 45 heavy (non-hydrogen) atoms. The highest BCUT2D eigenvalue weighted by Gasteiger charge is 2.59. The lowest BCUT2D eigenvalue weighted by atomic mass is 9.47. The lowest BCUT2D eigenvalue weighted by Crippen LogP contribution is -2.64. The number of benzene rings is 1. The Balaban J connectivity index is 0.000000201. The third kappa shape index (κ3) is 6.17. The van der Waals surface area contributed by atoms with Crippen LogP contribution in [0.4, 0.5) is 4.79 Å². The number of urea groups is 1. The number of rotatable bonds is 7. The van der Waals surface area contributed by atoms with Crippen LogP contribution < -0.4 is 10.6 Å². The average Bonchev–Trinajstić information content (AvgIpc) is 3.36. The van der Waals surface area contributed by atoms with E-state index in [0.29, 0.717) is 22.8 Å². The molecule has 6 nitrogen and oxygen atoms in total. The lowest BCUT2D eigenvalue weighted by molar-refractivity contribution is -0.138. The van der Waals surface area contributed by atoms with E-state index < -0.39 is 23.3 Å². The second-order valence-corrected chi connectivity index (χ2v) is 16.0. The molecule has 1 saturated heterocycles. The van der Waals surface area contributed by atoms with Crippen LogP contribution in [0.2, 0.25) is 0 Å². The van der Waals surface area contributed by atoms with E-state index in [1.54, 1.807) is 42.8 Å². The van der Waals surface area contributed by atoms with Crippen LogP contribution in [-0.4, -0.2) is 29.1 Å². The predicted octanol–water partition coefficient (Wildman–Crippen LogP) is 8.09. The van der Waals surface area contributed by atoms with Gasteiger partial charge in [-0.1, -0.05) is 103 Å². The van der Waals surface area contributed by atoms with Crippen molar-refractivity contribution in [1.82, 2.24) is 10.6 Å². The summed E-state index contributed by atoms with van der Waals surface area (Å²) in [4.78, 5) is 35.0. The van der Waals surface area contributed by atoms with Gasteiger partial charge in [0.2, 0.25) is 11.8 Å². The number of allylic oxidation sites excluding steroid dienone is 1. The van der Waals surface area contributed by atoms with E-state index in [0.717, 1.165) is 48.3 Å². The monoisotopic (exact) mass is 618 g/mol. The SMILES string of the molecule is CC(C)CCC[C@@H](C)[C@H]1CC[C@H]2[C@@H]3CC=C4C[C@@H](O)CC[C@]4(C)[C@H]3CC[C@]12C.CCC1(c2ccccc2)C(=O)NC(=O)NC1=O. The summed E-state index contributed by atoms with van der Waals surface area (Å²) >= 11 is 0. The molecule has 4 amide bonds. The number of nitrogens with one attached hydrogen (secondary N) is 2. The average molecular weight is 619 g/mol. The number of aliphatic hydroxyl groups is 1. The normalized spacial score (nSPS) is 36.0. The Bertz CT molecular complexity index is 1250. The van der Waals surface area contributed by atoms with E-state index in [2.05, 4.69) is 51.3 Å². The second-order valence-electron chi connectivity index (χ2n) is 16.0. The highest BCUT2D eigenvalue weighted by molar-refractivity contribution is 6.22. The number of carbonyl (C=O) groups excluding carboxylic acids is 3. The van der Waals surface area contributed by atoms with Crippen LogP contribution >= 0.6 is 0 Å². The number of hydrogen-bond donors (Lipinski definition) is 3. The van der Waals surface area contributed by atoms with E-state index in [1.807, 2.05) is 0 Å². The Morgan fingerprint density at radius 3 is 2.22 bits per heavy atom. The first-order valence-corrected chi connectivity index (χ1v) is 18.0. The molecular formula is C39H58N2O4. The molecule has 3 saturated carbocycles. The topological polar surface area (TPSA) is 95.5 Å². The zero-order valence-electron chi connectivity index (χ0n) is 28.7. The smallest absolute Gasteiger partial charge is 0.328 e. The summed E-state index contributed by atoms with van der Waals surface area (Å²) in [6.45, 7) is 14.3. The quantitative estimate of drug-likeness (QED) is 0.213. The third-order valence-corrected chi connectivity index (χ3v) is 13.3. The van der Waals surface area contributed by atoms with Crippen molar-refractivity contribution in [2.75, 3.05) is 0 Å². The zero-order valence-corrected chi connectivity index (χ0v) is 28.7. The molecule has 8 atom stereocenters. The summed E-state index contributed by atoms with van der Waals surface area (Å²) in [6.07, 6.45) is 17.5. The maximum Gasteiger partial charge on any atom is 0.328 e. The standard InChI is InChI=1S/C27H46O.C12H12N2O3/c1-18(2)7-6-8-19(3)23-11-12-24-22-10-9-20-17-21(28)13-15-26(20,4)25(22)14-16-27(23,24)5;1-2-12(8-6-4-3-5-7-8)9(15)13-11(17)14-10(12)16/h9,18-19,21-25,28H,6-8,10-17H2,1-5H3;3-7H,2H2,1H3,(H2,13,14,15,16,17)/t19-,21+,22+,23-,24+,25+,26+,27-;/m1./s1. The van der Waals surface area contributed by atoms with Gasteiger partial charge in [-0.2, -0.15) is 0 Å². The molecule has 0 aromatic heterocycles. The summed E-state index contributed by atoms with van der Waals surface area (Å²) in [5.74, 6) is 4.32. The first kappa shape index (κ1) is 33.9. The van der Waals surface area contributed by atoms with Crippen LogP contribution in [0.15, 0.2) is 42.0 Å². The minimum Gasteiger partial charge on any atom is -0.393 e. The van der Waals surface area contributed by atoms with Crippen LogP contribution in [0.5, 0.6) is 0 Å². The summed E-state index contributed by atoms with van der Waals surface area (Å²) in [7, 11) is 0. The summed E-state index contributed by atoms with van der Waals surface area (Å²) in [5, 5.41) is 14.5. The second kappa shape index (κ2) is 13.3. The van der Waals surface area contributed by atoms with Gasteiger partial charge in [0.25, 0.3) is 0 Å². The number of barbiturate groups is 1. The molecule has 6 rings (SSSR count). The molecule has 6 heteroatoms. The Labute approximate surface area is 271 Å². The molecular weight excluding hydrogens is 560 g/mol. The number of amides is 4. The van der Waals surface area contributed by atoms with E-state index >= 15 is 0 Å². The van der Waals surface area contributed by atoms with E-state index in [4.69, 9.17) is 0 Å². The minimum atomic E-state index is -1.31. The molecule has 1 aromatic carbocycles. The molecule has 0 spiro atoms. The van der Waals surface area contributed by atoms with Crippen molar-refractivity contribution < 1.29 is 19.5 Å². The van der Waals surface area contributed by atoms with Crippen molar-refractivity contribution in [2.45, 2.75) is 130 Å². The molecule has 0 bridgehead atoms. The summed E-state index contributed by atoms with van der Waals surface area (Å²) in [6, 6.07) is 7.96. The van der Waals surface area contributed by atoms with E-state index in [9.17, 15) is 19.5 Å². The summed E-state index contributed by atoms with van der Waals surface area (Å²) < 4.78 is 0. The highest BCUT2D eigenvalue weighted by atomic mass is 16.3. The van der Waals surface area contributed by atoms with Gasteiger partial charge in [-0.3, -0.25) is 20.2 Å². The highest BCUT2D eigenvalue weighted by Crippen LogP contribution is 2.67. The Hall–Kier alpha value is -2.47. The fourth-order valence-electron chi connectivity index (χ4n) is 10.7. The molecule has 3 N–H and O–H groups in total. The molecule has 248 valence electrons. The Morgan fingerprint density at radius 2 is 1.58 bits per heavy atom. The van der Waals surface area contributed by atoms with Crippen LogP contribution in [0, 0.1) is 46.3 Å². The Kier molecular flexibility index (Phi) is 10.0. The molecule has 5 aliphatic rings. The number of fused-ring (bicyclic) bond motifs is 5. The van der Waals surface area contributed by atoms with Gasteiger partial charge in [0.05, 0.1) is 6.10 Å². The molecule has 1 heterocycles. The van der Waals surface area contributed by atoms with E-state index in [-0.39, 0.29) is 6.10 Å². The van der Waals surface area contributed by atoms with Gasteiger partial charge in [0, 0.05) is 0 Å². The zero-order chi connectivity index (χ0) is 32.6. The van der Waals surface area contributed by atoms with Gasteiger partial charge < -0.3 is 5.11 Å². The van der Waals surface area contributed by atoms with Gasteiger partial charge in [0.15, 0.2) is 5.41 Å². The first-order chi connectivity index (χ1) is 21.4. The molecule has 1 aromatic rings. The van der Waals surface area contributed by atoms with Crippen LogP contribution in [0.3, 0.4) is 0 Å². The van der Waals surface area contributed by atoms with Gasteiger partial charge in [-0.15, -0.1) is 0 Å².